The predicted molar refractivity (Wildman–Crippen MR) is 76.4 cm³/mol. The van der Waals surface area contributed by atoms with Gasteiger partial charge in [0.15, 0.2) is 5.58 Å². The van der Waals surface area contributed by atoms with Gasteiger partial charge in [0.2, 0.25) is 0 Å². The van der Waals surface area contributed by atoms with Crippen LogP contribution in [-0.2, 0) is 11.2 Å². The lowest BCUT2D eigenvalue weighted by Gasteiger charge is -2.04. The minimum atomic E-state index is -0.843. The highest BCUT2D eigenvalue weighted by atomic mass is 35.5. The zero-order chi connectivity index (χ0) is 14.4. The van der Waals surface area contributed by atoms with Crippen molar-refractivity contribution in [1.82, 2.24) is 0 Å². The maximum absolute atomic E-state index is 10.8. The van der Waals surface area contributed by atoms with Crippen LogP contribution in [0.1, 0.15) is 23.5 Å². The van der Waals surface area contributed by atoms with E-state index in [1.165, 1.54) is 0 Å². The van der Waals surface area contributed by atoms with E-state index in [0.717, 1.165) is 27.9 Å². The smallest absolute Gasteiger partial charge is 0.303 e. The standard InChI is InChI=1S/C15H13ClO4/c1-7-5-10-9(3-4-12(17)18)14-11(6-8(2)19-14)13(16)15(10)20-7/h5-6H,3-4H2,1-2H3,(H,17,18). The summed E-state index contributed by atoms with van der Waals surface area (Å²) < 4.78 is 11.4. The Morgan fingerprint density at radius 1 is 1.15 bits per heavy atom. The summed E-state index contributed by atoms with van der Waals surface area (Å²) in [6, 6.07) is 3.72. The highest BCUT2D eigenvalue weighted by molar-refractivity contribution is 6.40. The lowest BCUT2D eigenvalue weighted by molar-refractivity contribution is -0.136. The van der Waals surface area contributed by atoms with Gasteiger partial charge >= 0.3 is 5.97 Å². The van der Waals surface area contributed by atoms with Gasteiger partial charge < -0.3 is 13.9 Å². The van der Waals surface area contributed by atoms with Crippen molar-refractivity contribution in [3.05, 3.63) is 34.2 Å². The lowest BCUT2D eigenvalue weighted by Crippen LogP contribution is -1.98. The molecule has 3 aromatic rings. The highest BCUT2D eigenvalue weighted by Gasteiger charge is 2.20. The van der Waals surface area contributed by atoms with E-state index in [1.54, 1.807) is 0 Å². The molecule has 0 bridgehead atoms. The molecule has 1 aromatic carbocycles. The Labute approximate surface area is 119 Å². The van der Waals surface area contributed by atoms with Gasteiger partial charge in [0.25, 0.3) is 0 Å². The van der Waals surface area contributed by atoms with Gasteiger partial charge in [0.05, 0.1) is 5.02 Å². The summed E-state index contributed by atoms with van der Waals surface area (Å²) in [6.45, 7) is 3.68. The molecule has 0 saturated carbocycles. The van der Waals surface area contributed by atoms with E-state index in [-0.39, 0.29) is 6.42 Å². The first-order valence-electron chi connectivity index (χ1n) is 6.30. The largest absolute Gasteiger partial charge is 0.481 e. The molecule has 0 aliphatic carbocycles. The van der Waals surface area contributed by atoms with E-state index in [0.29, 0.717) is 22.6 Å². The molecule has 1 N–H and O–H groups in total. The second-order valence-electron chi connectivity index (χ2n) is 4.89. The summed E-state index contributed by atoms with van der Waals surface area (Å²) >= 11 is 6.37. The van der Waals surface area contributed by atoms with Crippen molar-refractivity contribution in [2.45, 2.75) is 26.7 Å². The average Bonchev–Trinajstić information content (AvgIpc) is 2.92. The number of carbonyl (C=O) groups is 1. The molecule has 5 heteroatoms. The van der Waals surface area contributed by atoms with Crippen LogP contribution in [0.5, 0.6) is 0 Å². The predicted octanol–water partition coefficient (Wildman–Crippen LogP) is 4.47. The minimum Gasteiger partial charge on any atom is -0.481 e. The quantitative estimate of drug-likeness (QED) is 0.773. The fourth-order valence-corrected chi connectivity index (χ4v) is 2.81. The number of aryl methyl sites for hydroxylation is 3. The van der Waals surface area contributed by atoms with Crippen LogP contribution in [-0.4, -0.2) is 11.1 Å². The first-order valence-corrected chi connectivity index (χ1v) is 6.67. The number of fused-ring (bicyclic) bond motifs is 2. The van der Waals surface area contributed by atoms with E-state index in [2.05, 4.69) is 0 Å². The van der Waals surface area contributed by atoms with Gasteiger partial charge in [-0.15, -0.1) is 0 Å². The Balaban J connectivity index is 2.35. The first kappa shape index (κ1) is 13.1. The molecule has 0 atom stereocenters. The van der Waals surface area contributed by atoms with Crippen LogP contribution < -0.4 is 0 Å². The van der Waals surface area contributed by atoms with Crippen LogP contribution in [0.15, 0.2) is 21.0 Å². The average molecular weight is 293 g/mol. The molecule has 104 valence electrons. The number of carboxylic acids is 1. The molecule has 0 aliphatic rings. The van der Waals surface area contributed by atoms with Gasteiger partial charge in [0.1, 0.15) is 17.1 Å². The number of hydrogen-bond donors (Lipinski definition) is 1. The van der Waals surface area contributed by atoms with Crippen molar-refractivity contribution in [3.63, 3.8) is 0 Å². The molecule has 0 aliphatic heterocycles. The summed E-state index contributed by atoms with van der Waals surface area (Å²) in [7, 11) is 0. The van der Waals surface area contributed by atoms with Gasteiger partial charge in [-0.05, 0) is 32.4 Å². The number of halogens is 1. The molecule has 2 heterocycles. The number of carboxylic acid groups (broad SMARTS) is 1. The Morgan fingerprint density at radius 3 is 2.40 bits per heavy atom. The minimum absolute atomic E-state index is 0.0375. The molecule has 3 rings (SSSR count). The summed E-state index contributed by atoms with van der Waals surface area (Å²) in [5, 5.41) is 11.0. The fraction of sp³-hybridized carbons (Fsp3) is 0.267. The van der Waals surface area contributed by atoms with Crippen molar-refractivity contribution < 1.29 is 18.7 Å². The van der Waals surface area contributed by atoms with Crippen LogP contribution in [0.2, 0.25) is 5.02 Å². The van der Waals surface area contributed by atoms with Gasteiger partial charge in [0, 0.05) is 22.8 Å². The molecular weight excluding hydrogens is 280 g/mol. The van der Waals surface area contributed by atoms with E-state index >= 15 is 0 Å². The molecule has 20 heavy (non-hydrogen) atoms. The van der Waals surface area contributed by atoms with Gasteiger partial charge in [-0.3, -0.25) is 4.79 Å². The van der Waals surface area contributed by atoms with E-state index in [1.807, 2.05) is 26.0 Å². The van der Waals surface area contributed by atoms with Crippen LogP contribution >= 0.6 is 11.6 Å². The Morgan fingerprint density at radius 2 is 1.75 bits per heavy atom. The Kier molecular flexibility index (Phi) is 2.98. The zero-order valence-corrected chi connectivity index (χ0v) is 11.9. The maximum atomic E-state index is 10.8. The van der Waals surface area contributed by atoms with Crippen LogP contribution in [0.4, 0.5) is 0 Å². The Bertz CT molecular complexity index is 768. The molecule has 0 amide bonds. The summed E-state index contributed by atoms with van der Waals surface area (Å²) in [6.07, 6.45) is 0.418. The number of benzene rings is 1. The number of furan rings is 2. The Hall–Kier alpha value is -1.94. The molecule has 0 unspecified atom stereocenters. The molecule has 4 nitrogen and oxygen atoms in total. The fourth-order valence-electron chi connectivity index (χ4n) is 2.53. The second kappa shape index (κ2) is 4.56. The van der Waals surface area contributed by atoms with Gasteiger partial charge in [-0.1, -0.05) is 11.6 Å². The summed E-state index contributed by atoms with van der Waals surface area (Å²) in [5.41, 5.74) is 2.09. The third-order valence-corrected chi connectivity index (χ3v) is 3.71. The van der Waals surface area contributed by atoms with Crippen molar-refractivity contribution >= 4 is 39.5 Å². The first-order chi connectivity index (χ1) is 9.47. The second-order valence-corrected chi connectivity index (χ2v) is 5.26. The maximum Gasteiger partial charge on any atom is 0.303 e. The van der Waals surface area contributed by atoms with E-state index in [9.17, 15) is 4.79 Å². The molecule has 0 radical (unpaired) electrons. The summed E-state index contributed by atoms with van der Waals surface area (Å²) in [4.78, 5) is 10.8. The lowest BCUT2D eigenvalue weighted by atomic mass is 10.0. The number of hydrogen-bond acceptors (Lipinski definition) is 3. The van der Waals surface area contributed by atoms with Crippen LogP contribution in [0.3, 0.4) is 0 Å². The van der Waals surface area contributed by atoms with E-state index in [4.69, 9.17) is 25.5 Å². The third-order valence-electron chi connectivity index (χ3n) is 3.33. The zero-order valence-electron chi connectivity index (χ0n) is 11.1. The van der Waals surface area contributed by atoms with E-state index < -0.39 is 5.97 Å². The van der Waals surface area contributed by atoms with Crippen molar-refractivity contribution in [3.8, 4) is 0 Å². The topological polar surface area (TPSA) is 63.6 Å². The molecule has 2 aromatic heterocycles. The van der Waals surface area contributed by atoms with Crippen molar-refractivity contribution in [1.29, 1.82) is 0 Å². The van der Waals surface area contributed by atoms with Gasteiger partial charge in [-0.25, -0.2) is 0 Å². The van der Waals surface area contributed by atoms with Crippen LogP contribution in [0.25, 0.3) is 21.9 Å². The molecular formula is C15H13ClO4. The SMILES string of the molecule is Cc1cc2c(CCC(=O)O)c3oc(C)cc3c(Cl)c2o1. The summed E-state index contributed by atoms with van der Waals surface area (Å²) in [5.74, 6) is 0.635. The van der Waals surface area contributed by atoms with Gasteiger partial charge in [-0.2, -0.15) is 0 Å². The highest BCUT2D eigenvalue weighted by Crippen LogP contribution is 2.39. The third kappa shape index (κ3) is 1.96. The van der Waals surface area contributed by atoms with Crippen molar-refractivity contribution in [2.24, 2.45) is 0 Å². The van der Waals surface area contributed by atoms with Crippen LogP contribution in [0, 0.1) is 13.8 Å². The monoisotopic (exact) mass is 292 g/mol. The molecule has 0 fully saturated rings. The molecule has 0 saturated heterocycles. The molecule has 0 spiro atoms. The number of rotatable bonds is 3. The van der Waals surface area contributed by atoms with Crippen molar-refractivity contribution in [2.75, 3.05) is 0 Å². The number of aliphatic carboxylic acids is 1. The normalized spacial score (nSPS) is 11.6.